The largest absolute Gasteiger partial charge is 0.489 e. The molecule has 0 bridgehead atoms. The number of hydrogen-bond donors (Lipinski definition) is 1. The van der Waals surface area contributed by atoms with E-state index in [4.69, 9.17) is 16.3 Å². The first-order valence-electron chi connectivity index (χ1n) is 8.31. The first-order chi connectivity index (χ1) is 13.8. The van der Waals surface area contributed by atoms with Crippen LogP contribution in [0.2, 0.25) is 5.02 Å². The summed E-state index contributed by atoms with van der Waals surface area (Å²) in [6, 6.07) is 15.2. The Kier molecular flexibility index (Phi) is 6.46. The van der Waals surface area contributed by atoms with Gasteiger partial charge >= 0.3 is 0 Å². The van der Waals surface area contributed by atoms with Crippen molar-refractivity contribution < 1.29 is 21.9 Å². The SMILES string of the molecule is O=S(=O)(N/N=C/c1cccc(OCc2ccc(F)cc2Cl)c1)c1ccc(F)cc1. The number of nitrogens with one attached hydrogen (secondary N) is 1. The number of ether oxygens (including phenoxy) is 1. The van der Waals surface area contributed by atoms with Crippen LogP contribution in [-0.4, -0.2) is 14.6 Å². The summed E-state index contributed by atoms with van der Waals surface area (Å²) < 4.78 is 55.9. The van der Waals surface area contributed by atoms with Gasteiger partial charge in [-0.2, -0.15) is 13.5 Å². The Labute approximate surface area is 171 Å². The van der Waals surface area contributed by atoms with Crippen LogP contribution in [0.1, 0.15) is 11.1 Å². The van der Waals surface area contributed by atoms with E-state index in [1.165, 1.54) is 24.4 Å². The quantitative estimate of drug-likeness (QED) is 0.437. The summed E-state index contributed by atoms with van der Waals surface area (Å²) in [7, 11) is -3.90. The average Bonchev–Trinajstić information content (AvgIpc) is 2.68. The van der Waals surface area contributed by atoms with Crippen molar-refractivity contribution in [2.24, 2.45) is 5.10 Å². The minimum Gasteiger partial charge on any atom is -0.489 e. The van der Waals surface area contributed by atoms with Gasteiger partial charge in [0.1, 0.15) is 24.0 Å². The van der Waals surface area contributed by atoms with Crippen molar-refractivity contribution in [1.29, 1.82) is 0 Å². The summed E-state index contributed by atoms with van der Waals surface area (Å²) in [5.41, 5.74) is 1.20. The maximum atomic E-state index is 13.1. The Morgan fingerprint density at radius 2 is 1.72 bits per heavy atom. The molecular weight excluding hydrogens is 422 g/mol. The van der Waals surface area contributed by atoms with Gasteiger partial charge in [-0.3, -0.25) is 0 Å². The Balaban J connectivity index is 1.64. The average molecular weight is 437 g/mol. The monoisotopic (exact) mass is 436 g/mol. The summed E-state index contributed by atoms with van der Waals surface area (Å²) in [6.45, 7) is 0.136. The van der Waals surface area contributed by atoms with Gasteiger partial charge in [-0.1, -0.05) is 29.8 Å². The van der Waals surface area contributed by atoms with E-state index in [2.05, 4.69) is 9.93 Å². The molecule has 0 aliphatic rings. The van der Waals surface area contributed by atoms with Crippen LogP contribution in [0.25, 0.3) is 0 Å². The van der Waals surface area contributed by atoms with Crippen molar-refractivity contribution in [1.82, 2.24) is 4.83 Å². The topological polar surface area (TPSA) is 67.8 Å². The van der Waals surface area contributed by atoms with Crippen LogP contribution in [0.4, 0.5) is 8.78 Å². The van der Waals surface area contributed by atoms with Crippen molar-refractivity contribution in [3.8, 4) is 5.75 Å². The molecule has 150 valence electrons. The predicted molar refractivity (Wildman–Crippen MR) is 106 cm³/mol. The van der Waals surface area contributed by atoms with Crippen LogP contribution < -0.4 is 9.57 Å². The Morgan fingerprint density at radius 1 is 1.00 bits per heavy atom. The number of rotatable bonds is 7. The number of benzene rings is 3. The van der Waals surface area contributed by atoms with Gasteiger partial charge < -0.3 is 4.74 Å². The minimum absolute atomic E-state index is 0.107. The molecule has 3 aromatic carbocycles. The van der Waals surface area contributed by atoms with Gasteiger partial charge in [-0.15, -0.1) is 0 Å². The van der Waals surface area contributed by atoms with Crippen LogP contribution in [0.15, 0.2) is 76.7 Å². The molecule has 1 N–H and O–H groups in total. The van der Waals surface area contributed by atoms with E-state index in [-0.39, 0.29) is 16.5 Å². The number of hydrogen-bond acceptors (Lipinski definition) is 4. The zero-order chi connectivity index (χ0) is 20.9. The molecule has 0 saturated heterocycles. The van der Waals surface area contributed by atoms with Gasteiger partial charge in [-0.25, -0.2) is 13.6 Å². The van der Waals surface area contributed by atoms with Crippen molar-refractivity contribution >= 4 is 27.8 Å². The lowest BCUT2D eigenvalue weighted by molar-refractivity contribution is 0.306. The van der Waals surface area contributed by atoms with Gasteiger partial charge in [0.25, 0.3) is 10.0 Å². The lowest BCUT2D eigenvalue weighted by Gasteiger charge is -2.08. The van der Waals surface area contributed by atoms with E-state index in [1.807, 2.05) is 0 Å². The molecule has 0 aliphatic carbocycles. The van der Waals surface area contributed by atoms with Crippen molar-refractivity contribution in [2.45, 2.75) is 11.5 Å². The lowest BCUT2D eigenvalue weighted by Crippen LogP contribution is -2.18. The number of nitrogens with zero attached hydrogens (tertiary/aromatic N) is 1. The molecular formula is C20H15ClF2N2O3S. The van der Waals surface area contributed by atoms with Crippen LogP contribution in [0, 0.1) is 11.6 Å². The van der Waals surface area contributed by atoms with Gasteiger partial charge in [0.15, 0.2) is 0 Å². The Hall–Kier alpha value is -2.97. The summed E-state index contributed by atoms with van der Waals surface area (Å²) >= 11 is 5.97. The molecule has 0 radical (unpaired) electrons. The first-order valence-corrected chi connectivity index (χ1v) is 10.2. The van der Waals surface area contributed by atoms with E-state index in [0.29, 0.717) is 16.9 Å². The second-order valence-electron chi connectivity index (χ2n) is 5.90. The van der Waals surface area contributed by atoms with Gasteiger partial charge in [0.05, 0.1) is 16.1 Å². The fraction of sp³-hybridized carbons (Fsp3) is 0.0500. The summed E-state index contributed by atoms with van der Waals surface area (Å²) in [5, 5.41) is 3.98. The van der Waals surface area contributed by atoms with Crippen molar-refractivity contribution in [2.75, 3.05) is 0 Å². The molecule has 3 rings (SSSR count). The molecule has 5 nitrogen and oxygen atoms in total. The van der Waals surface area contributed by atoms with E-state index in [9.17, 15) is 17.2 Å². The number of halogens is 3. The molecule has 0 aliphatic heterocycles. The molecule has 0 spiro atoms. The highest BCUT2D eigenvalue weighted by molar-refractivity contribution is 7.89. The Bertz CT molecular complexity index is 1140. The molecule has 0 amide bonds. The molecule has 29 heavy (non-hydrogen) atoms. The molecule has 0 saturated carbocycles. The smallest absolute Gasteiger partial charge is 0.276 e. The maximum absolute atomic E-state index is 13.1. The number of hydrazone groups is 1. The van der Waals surface area contributed by atoms with E-state index < -0.39 is 21.7 Å². The van der Waals surface area contributed by atoms with Crippen molar-refractivity contribution in [3.05, 3.63) is 94.5 Å². The summed E-state index contributed by atoms with van der Waals surface area (Å²) in [6.07, 6.45) is 1.30. The normalized spacial score (nSPS) is 11.6. The standard InChI is InChI=1S/C20H15ClF2N2O3S/c21-20-11-17(23)5-4-15(20)13-28-18-3-1-2-14(10-18)12-24-25-29(26,27)19-8-6-16(22)7-9-19/h1-12,25H,13H2/b24-12+. The van der Waals surface area contributed by atoms with Gasteiger partial charge in [-0.05, 0) is 54.1 Å². The molecule has 0 unspecified atom stereocenters. The number of sulfonamides is 1. The Morgan fingerprint density at radius 3 is 2.45 bits per heavy atom. The molecule has 0 atom stereocenters. The van der Waals surface area contributed by atoms with Gasteiger partial charge in [0, 0.05) is 5.56 Å². The summed E-state index contributed by atoms with van der Waals surface area (Å²) in [4.78, 5) is 1.95. The van der Waals surface area contributed by atoms with E-state index >= 15 is 0 Å². The van der Waals surface area contributed by atoms with Crippen LogP contribution in [0.5, 0.6) is 5.75 Å². The lowest BCUT2D eigenvalue weighted by atomic mass is 10.2. The summed E-state index contributed by atoms with van der Waals surface area (Å²) in [5.74, 6) is -0.470. The third-order valence-electron chi connectivity index (χ3n) is 3.78. The second kappa shape index (κ2) is 9.02. The molecule has 0 heterocycles. The molecule has 0 aromatic heterocycles. The van der Waals surface area contributed by atoms with Gasteiger partial charge in [0.2, 0.25) is 0 Å². The fourth-order valence-corrected chi connectivity index (χ4v) is 3.33. The van der Waals surface area contributed by atoms with Crippen LogP contribution in [-0.2, 0) is 16.6 Å². The minimum atomic E-state index is -3.90. The second-order valence-corrected chi connectivity index (χ2v) is 7.97. The highest BCUT2D eigenvalue weighted by Crippen LogP contribution is 2.20. The molecule has 9 heteroatoms. The van der Waals surface area contributed by atoms with Crippen LogP contribution in [0.3, 0.4) is 0 Å². The predicted octanol–water partition coefficient (Wildman–Crippen LogP) is 4.51. The van der Waals surface area contributed by atoms with E-state index in [0.717, 1.165) is 24.3 Å². The zero-order valence-corrected chi connectivity index (χ0v) is 16.4. The van der Waals surface area contributed by atoms with Crippen LogP contribution >= 0.6 is 11.6 Å². The fourth-order valence-electron chi connectivity index (χ4n) is 2.32. The van der Waals surface area contributed by atoms with Crippen molar-refractivity contribution in [3.63, 3.8) is 0 Å². The van der Waals surface area contributed by atoms with E-state index in [1.54, 1.807) is 24.3 Å². The highest BCUT2D eigenvalue weighted by Gasteiger charge is 2.12. The third kappa shape index (κ3) is 5.75. The zero-order valence-electron chi connectivity index (χ0n) is 14.8. The highest BCUT2D eigenvalue weighted by atomic mass is 35.5. The molecule has 0 fully saturated rings. The molecule has 3 aromatic rings. The third-order valence-corrected chi connectivity index (χ3v) is 5.37. The maximum Gasteiger partial charge on any atom is 0.276 e. The first kappa shape index (κ1) is 20.8.